The van der Waals surface area contributed by atoms with Gasteiger partial charge < -0.3 is 9.30 Å². The van der Waals surface area contributed by atoms with Gasteiger partial charge in [-0.3, -0.25) is 4.90 Å². The van der Waals surface area contributed by atoms with E-state index in [0.717, 1.165) is 78.9 Å². The molecule has 0 radical (unpaired) electrons. The fourth-order valence-electron chi connectivity index (χ4n) is 6.12. The molecule has 2 aliphatic rings. The molecule has 3 atom stereocenters. The van der Waals surface area contributed by atoms with Crippen LogP contribution in [0.3, 0.4) is 0 Å². The first-order chi connectivity index (χ1) is 17.6. The molecule has 0 spiro atoms. The van der Waals surface area contributed by atoms with E-state index in [0.29, 0.717) is 12.0 Å². The number of imidazole rings is 1. The Hall–Kier alpha value is -3.75. The van der Waals surface area contributed by atoms with E-state index in [1.54, 1.807) is 4.90 Å². The largest absolute Gasteiger partial charge is 0.452 e. The van der Waals surface area contributed by atoms with Crippen molar-refractivity contribution in [2.24, 2.45) is 0 Å². The molecule has 9 nitrogen and oxygen atoms in total. The summed E-state index contributed by atoms with van der Waals surface area (Å²) in [7, 11) is 1.44. The van der Waals surface area contributed by atoms with E-state index >= 15 is 0 Å². The van der Waals surface area contributed by atoms with Gasteiger partial charge >= 0.3 is 6.09 Å². The minimum atomic E-state index is -0.317. The fourth-order valence-corrected chi connectivity index (χ4v) is 6.12. The lowest BCUT2D eigenvalue weighted by Gasteiger charge is -2.34. The predicted octanol–water partition coefficient (Wildman–Crippen LogP) is 4.95. The highest BCUT2D eigenvalue weighted by atomic mass is 16.5. The average molecular weight is 486 g/mol. The minimum Gasteiger partial charge on any atom is -0.452 e. The van der Waals surface area contributed by atoms with Crippen molar-refractivity contribution in [1.29, 1.82) is 0 Å². The summed E-state index contributed by atoms with van der Waals surface area (Å²) in [6.45, 7) is 2.07. The highest BCUT2D eigenvalue weighted by molar-refractivity contribution is 5.95. The van der Waals surface area contributed by atoms with Gasteiger partial charge in [0, 0.05) is 30.0 Å². The maximum absolute atomic E-state index is 12.6. The van der Waals surface area contributed by atoms with Gasteiger partial charge in [-0.1, -0.05) is 36.8 Å². The topological polar surface area (TPSA) is 102 Å². The number of aromatic amines is 1. The van der Waals surface area contributed by atoms with Crippen molar-refractivity contribution in [2.45, 2.75) is 69.9 Å². The molecule has 9 heteroatoms. The summed E-state index contributed by atoms with van der Waals surface area (Å²) in [6, 6.07) is 15.1. The minimum absolute atomic E-state index is 0.0860. The quantitative estimate of drug-likeness (QED) is 0.439. The summed E-state index contributed by atoms with van der Waals surface area (Å²) >= 11 is 0. The van der Waals surface area contributed by atoms with Crippen molar-refractivity contribution >= 4 is 22.8 Å². The zero-order valence-electron chi connectivity index (χ0n) is 20.7. The van der Waals surface area contributed by atoms with Crippen LogP contribution in [0.4, 0.5) is 10.5 Å². The molecule has 6 rings (SSSR count). The third kappa shape index (κ3) is 3.92. The highest BCUT2D eigenvalue weighted by Crippen LogP contribution is 2.42. The van der Waals surface area contributed by atoms with Gasteiger partial charge in [0.15, 0.2) is 5.82 Å². The molecular weight excluding hydrogens is 454 g/mol. The number of tetrazole rings is 1. The SMILES string of the molecule is COC(=O)N1c2ccc3c(nc(Cc4ccccc4)n3[C@H]3CCC[C@@H](c4nnn[nH]4)C3)c2CC[C@@H]1C. The van der Waals surface area contributed by atoms with Gasteiger partial charge in [0.2, 0.25) is 0 Å². The molecule has 3 heterocycles. The van der Waals surface area contributed by atoms with Gasteiger partial charge in [-0.15, -0.1) is 5.10 Å². The van der Waals surface area contributed by atoms with Crippen molar-refractivity contribution in [2.75, 3.05) is 12.0 Å². The molecule has 4 aromatic rings. The van der Waals surface area contributed by atoms with Gasteiger partial charge in [-0.05, 0) is 67.2 Å². The molecule has 0 saturated heterocycles. The van der Waals surface area contributed by atoms with E-state index in [4.69, 9.17) is 9.72 Å². The summed E-state index contributed by atoms with van der Waals surface area (Å²) in [5, 5.41) is 14.8. The van der Waals surface area contributed by atoms with E-state index in [-0.39, 0.29) is 12.1 Å². The number of anilines is 1. The van der Waals surface area contributed by atoms with Crippen LogP contribution in [0.5, 0.6) is 0 Å². The number of fused-ring (bicyclic) bond motifs is 3. The number of carbonyl (C=O) groups is 1. The number of nitrogens with zero attached hydrogens (tertiary/aromatic N) is 6. The predicted molar refractivity (Wildman–Crippen MR) is 136 cm³/mol. The number of aromatic nitrogens is 6. The third-order valence-corrected chi connectivity index (χ3v) is 7.86. The van der Waals surface area contributed by atoms with E-state index < -0.39 is 0 Å². The van der Waals surface area contributed by atoms with Crippen molar-refractivity contribution in [3.8, 4) is 0 Å². The van der Waals surface area contributed by atoms with Gasteiger partial charge in [-0.25, -0.2) is 14.9 Å². The van der Waals surface area contributed by atoms with E-state index in [1.165, 1.54) is 12.7 Å². The Morgan fingerprint density at radius 3 is 2.78 bits per heavy atom. The Labute approximate surface area is 209 Å². The molecule has 1 saturated carbocycles. The summed E-state index contributed by atoms with van der Waals surface area (Å²) < 4.78 is 7.58. The van der Waals surface area contributed by atoms with Crippen LogP contribution < -0.4 is 4.90 Å². The second kappa shape index (κ2) is 9.37. The zero-order valence-corrected chi connectivity index (χ0v) is 20.7. The third-order valence-electron chi connectivity index (χ3n) is 7.86. The molecule has 186 valence electrons. The summed E-state index contributed by atoms with van der Waals surface area (Å²) in [5.74, 6) is 2.23. The highest BCUT2D eigenvalue weighted by Gasteiger charge is 2.33. The lowest BCUT2D eigenvalue weighted by atomic mass is 9.85. The number of amides is 1. The molecule has 0 unspecified atom stereocenters. The molecule has 36 heavy (non-hydrogen) atoms. The van der Waals surface area contributed by atoms with Crippen LogP contribution in [0.15, 0.2) is 42.5 Å². The Morgan fingerprint density at radius 2 is 2.00 bits per heavy atom. The van der Waals surface area contributed by atoms with Crippen LogP contribution >= 0.6 is 0 Å². The number of rotatable bonds is 4. The van der Waals surface area contributed by atoms with Crippen molar-refractivity contribution in [1.82, 2.24) is 30.2 Å². The Bertz CT molecular complexity index is 1370. The first-order valence-corrected chi connectivity index (χ1v) is 12.8. The van der Waals surface area contributed by atoms with Gasteiger partial charge in [0.1, 0.15) is 5.82 Å². The summed E-state index contributed by atoms with van der Waals surface area (Å²) in [4.78, 5) is 19.7. The van der Waals surface area contributed by atoms with Crippen LogP contribution in [0.25, 0.3) is 11.0 Å². The van der Waals surface area contributed by atoms with Crippen molar-refractivity contribution < 1.29 is 9.53 Å². The Morgan fingerprint density at radius 1 is 1.14 bits per heavy atom. The molecule has 1 N–H and O–H groups in total. The second-order valence-electron chi connectivity index (χ2n) is 10.0. The number of H-pyrrole nitrogens is 1. The molecule has 1 aliphatic carbocycles. The van der Waals surface area contributed by atoms with Crippen LogP contribution in [0.2, 0.25) is 0 Å². The fraction of sp³-hybridized carbons (Fsp3) is 0.444. The standard InChI is InChI=1S/C27H31N7O2/c1-17-11-12-21-22(33(17)27(35)36-2)13-14-23-25(21)28-24(15-18-7-4-3-5-8-18)34(23)20-10-6-9-19(16-20)26-29-31-32-30-26/h3-5,7-8,13-14,17,19-20H,6,9-12,15-16H2,1-2H3,(H,29,30,31,32)/t17-,19+,20-/m0/s1. The number of nitrogens with one attached hydrogen (secondary N) is 1. The van der Waals surface area contributed by atoms with Crippen LogP contribution in [0, 0.1) is 0 Å². The van der Waals surface area contributed by atoms with Gasteiger partial charge in [0.05, 0.1) is 23.8 Å². The smallest absolute Gasteiger partial charge is 0.414 e. The van der Waals surface area contributed by atoms with Crippen LogP contribution in [-0.2, 0) is 17.6 Å². The maximum Gasteiger partial charge on any atom is 0.414 e. The normalized spacial score (nSPS) is 21.9. The molecule has 0 bridgehead atoms. The lowest BCUT2D eigenvalue weighted by molar-refractivity contribution is 0.175. The number of carbonyl (C=O) groups excluding carboxylic acids is 1. The molecular formula is C27H31N7O2. The Kier molecular flexibility index (Phi) is 5.91. The van der Waals surface area contributed by atoms with Crippen molar-refractivity contribution in [3.63, 3.8) is 0 Å². The monoisotopic (exact) mass is 485 g/mol. The molecule has 1 amide bonds. The molecule has 1 aliphatic heterocycles. The van der Waals surface area contributed by atoms with Gasteiger partial charge in [-0.2, -0.15) is 0 Å². The zero-order chi connectivity index (χ0) is 24.6. The van der Waals surface area contributed by atoms with E-state index in [2.05, 4.69) is 68.5 Å². The number of hydrogen-bond acceptors (Lipinski definition) is 6. The molecule has 1 fully saturated rings. The number of ether oxygens (including phenoxy) is 1. The van der Waals surface area contributed by atoms with Crippen LogP contribution in [0.1, 0.15) is 73.8 Å². The lowest BCUT2D eigenvalue weighted by Crippen LogP contribution is -2.42. The summed E-state index contributed by atoms with van der Waals surface area (Å²) in [6.07, 6.45) is 6.45. The molecule has 2 aromatic heterocycles. The number of methoxy groups -OCH3 is 1. The average Bonchev–Trinajstić information content (AvgIpc) is 3.57. The second-order valence-corrected chi connectivity index (χ2v) is 10.0. The van der Waals surface area contributed by atoms with E-state index in [9.17, 15) is 4.79 Å². The summed E-state index contributed by atoms with van der Waals surface area (Å²) in [5.41, 5.74) is 5.43. The first-order valence-electron chi connectivity index (χ1n) is 12.8. The molecule has 2 aromatic carbocycles. The maximum atomic E-state index is 12.6. The van der Waals surface area contributed by atoms with Crippen molar-refractivity contribution in [3.05, 3.63) is 65.2 Å². The van der Waals surface area contributed by atoms with Gasteiger partial charge in [0.25, 0.3) is 0 Å². The van der Waals surface area contributed by atoms with Crippen LogP contribution in [-0.4, -0.2) is 49.4 Å². The first kappa shape index (κ1) is 22.7. The van der Waals surface area contributed by atoms with E-state index in [1.807, 2.05) is 6.07 Å². The number of hydrogen-bond donors (Lipinski definition) is 1. The number of aryl methyl sites for hydroxylation is 1. The Balaban J connectivity index is 1.47. The number of benzene rings is 2.